The molecule has 174 valence electrons. The molecule has 0 unspecified atom stereocenters. The van der Waals surface area contributed by atoms with Crippen molar-refractivity contribution in [2.75, 3.05) is 12.8 Å². The van der Waals surface area contributed by atoms with Gasteiger partial charge in [0.15, 0.2) is 9.84 Å². The number of amides is 1. The molecule has 0 bridgehead atoms. The van der Waals surface area contributed by atoms with Crippen LogP contribution in [-0.2, 0) is 44.0 Å². The number of aryl methyl sites for hydroxylation is 2. The van der Waals surface area contributed by atoms with Crippen LogP contribution in [0.15, 0.2) is 52.3 Å². The average molecular weight is 479 g/mol. The first kappa shape index (κ1) is 24.4. The van der Waals surface area contributed by atoms with E-state index in [2.05, 4.69) is 5.32 Å². The summed E-state index contributed by atoms with van der Waals surface area (Å²) in [6.07, 6.45) is 2.79. The first-order valence-corrected chi connectivity index (χ1v) is 13.8. The fourth-order valence-electron chi connectivity index (χ4n) is 3.60. The Bertz CT molecular complexity index is 1190. The summed E-state index contributed by atoms with van der Waals surface area (Å²) >= 11 is 0. The fourth-order valence-corrected chi connectivity index (χ4v) is 6.25. The van der Waals surface area contributed by atoms with Crippen LogP contribution in [0, 0.1) is 0 Å². The van der Waals surface area contributed by atoms with E-state index in [1.807, 2.05) is 6.07 Å². The van der Waals surface area contributed by atoms with Crippen molar-refractivity contribution in [1.29, 1.82) is 0 Å². The zero-order valence-electron chi connectivity index (χ0n) is 18.7. The van der Waals surface area contributed by atoms with E-state index in [0.717, 1.165) is 30.4 Å². The molecule has 1 amide bonds. The number of benzene rings is 2. The Morgan fingerprint density at radius 3 is 2.25 bits per heavy atom. The monoisotopic (exact) mass is 478 g/mol. The van der Waals surface area contributed by atoms with Gasteiger partial charge in [-0.3, -0.25) is 4.79 Å². The maximum Gasteiger partial charge on any atom is 0.243 e. The van der Waals surface area contributed by atoms with Crippen molar-refractivity contribution in [3.05, 3.63) is 59.2 Å². The van der Waals surface area contributed by atoms with Crippen LogP contribution in [0.4, 0.5) is 0 Å². The predicted molar refractivity (Wildman–Crippen MR) is 124 cm³/mol. The standard InChI is InChI=1S/C23H30N2O5S2/c1-17(2)25(3)32(29,30)21-10-7-18(8-11-21)16-24-23(26)13-14-31(27,28)22-12-9-19-5-4-6-20(19)15-22/h7-12,15,17H,4-6,13-14,16H2,1-3H3,(H,24,26). The third-order valence-corrected chi connectivity index (χ3v) is 9.61. The zero-order chi connectivity index (χ0) is 23.5. The molecular weight excluding hydrogens is 448 g/mol. The number of rotatable bonds is 9. The quantitative estimate of drug-likeness (QED) is 0.597. The lowest BCUT2D eigenvalue weighted by Crippen LogP contribution is -2.33. The topological polar surface area (TPSA) is 101 Å². The number of carbonyl (C=O) groups excluding carboxylic acids is 1. The van der Waals surface area contributed by atoms with Gasteiger partial charge < -0.3 is 5.32 Å². The van der Waals surface area contributed by atoms with Gasteiger partial charge in [0.05, 0.1) is 15.5 Å². The van der Waals surface area contributed by atoms with Crippen molar-refractivity contribution in [2.24, 2.45) is 0 Å². The molecule has 0 aliphatic heterocycles. The summed E-state index contributed by atoms with van der Waals surface area (Å²) < 4.78 is 51.5. The lowest BCUT2D eigenvalue weighted by Gasteiger charge is -2.21. The number of sulfone groups is 1. The summed E-state index contributed by atoms with van der Waals surface area (Å²) in [7, 11) is -5.56. The van der Waals surface area contributed by atoms with E-state index < -0.39 is 19.9 Å². The summed E-state index contributed by atoms with van der Waals surface area (Å²) in [5, 5.41) is 2.70. The molecule has 1 aliphatic rings. The van der Waals surface area contributed by atoms with Crippen LogP contribution in [0.2, 0.25) is 0 Å². The second kappa shape index (κ2) is 9.72. The summed E-state index contributed by atoms with van der Waals surface area (Å²) in [6, 6.07) is 11.4. The number of carbonyl (C=O) groups is 1. The van der Waals surface area contributed by atoms with Gasteiger partial charge >= 0.3 is 0 Å². The maximum atomic E-state index is 12.6. The second-order valence-corrected chi connectivity index (χ2v) is 12.5. The summed E-state index contributed by atoms with van der Waals surface area (Å²) in [4.78, 5) is 12.7. The molecule has 0 heterocycles. The lowest BCUT2D eigenvalue weighted by atomic mass is 10.1. The number of hydrogen-bond donors (Lipinski definition) is 1. The van der Waals surface area contributed by atoms with Crippen molar-refractivity contribution in [2.45, 2.75) is 61.9 Å². The van der Waals surface area contributed by atoms with Crippen LogP contribution < -0.4 is 5.32 Å². The van der Waals surface area contributed by atoms with E-state index in [4.69, 9.17) is 0 Å². The summed E-state index contributed by atoms with van der Waals surface area (Å²) in [5.74, 6) is -0.623. The SMILES string of the molecule is CC(C)N(C)S(=O)(=O)c1ccc(CNC(=O)CCS(=O)(=O)c2ccc3c(c2)CCC3)cc1. The Balaban J connectivity index is 1.54. The van der Waals surface area contributed by atoms with Gasteiger partial charge in [-0.15, -0.1) is 0 Å². The Morgan fingerprint density at radius 1 is 0.969 bits per heavy atom. The van der Waals surface area contributed by atoms with Gasteiger partial charge in [-0.2, -0.15) is 4.31 Å². The molecule has 1 aliphatic carbocycles. The third kappa shape index (κ3) is 5.57. The van der Waals surface area contributed by atoms with Gasteiger partial charge in [0.2, 0.25) is 15.9 Å². The van der Waals surface area contributed by atoms with Crippen LogP contribution in [0.25, 0.3) is 0 Å². The average Bonchev–Trinajstić information content (AvgIpc) is 3.24. The molecule has 0 fully saturated rings. The Kier molecular flexibility index (Phi) is 7.42. The van der Waals surface area contributed by atoms with E-state index in [1.165, 1.54) is 29.0 Å². The lowest BCUT2D eigenvalue weighted by molar-refractivity contribution is -0.120. The molecule has 2 aromatic rings. The number of hydrogen-bond acceptors (Lipinski definition) is 5. The van der Waals surface area contributed by atoms with Gasteiger partial charge in [0, 0.05) is 26.1 Å². The minimum absolute atomic E-state index is 0.134. The minimum atomic E-state index is -3.56. The van der Waals surface area contributed by atoms with E-state index in [1.54, 1.807) is 38.1 Å². The molecule has 32 heavy (non-hydrogen) atoms. The molecule has 0 aromatic heterocycles. The largest absolute Gasteiger partial charge is 0.352 e. The van der Waals surface area contributed by atoms with Crippen LogP contribution >= 0.6 is 0 Å². The normalized spacial score (nSPS) is 14.0. The molecule has 7 nitrogen and oxygen atoms in total. The van der Waals surface area contributed by atoms with Gasteiger partial charge in [-0.25, -0.2) is 16.8 Å². The van der Waals surface area contributed by atoms with Gasteiger partial charge in [-0.05, 0) is 74.1 Å². The summed E-state index contributed by atoms with van der Waals surface area (Å²) in [6.45, 7) is 3.79. The summed E-state index contributed by atoms with van der Waals surface area (Å²) in [5.41, 5.74) is 3.02. The number of sulfonamides is 1. The highest BCUT2D eigenvalue weighted by Gasteiger charge is 2.23. The molecular formula is C23H30N2O5S2. The molecule has 2 aromatic carbocycles. The van der Waals surface area contributed by atoms with E-state index in [-0.39, 0.29) is 40.5 Å². The molecule has 0 radical (unpaired) electrons. The van der Waals surface area contributed by atoms with Gasteiger partial charge in [-0.1, -0.05) is 18.2 Å². The highest BCUT2D eigenvalue weighted by Crippen LogP contribution is 2.25. The number of nitrogens with zero attached hydrogens (tertiary/aromatic N) is 1. The highest BCUT2D eigenvalue weighted by molar-refractivity contribution is 7.91. The molecule has 0 saturated heterocycles. The van der Waals surface area contributed by atoms with Crippen LogP contribution in [0.5, 0.6) is 0 Å². The molecule has 0 saturated carbocycles. The van der Waals surface area contributed by atoms with Gasteiger partial charge in [0.25, 0.3) is 0 Å². The Labute approximate surface area is 190 Å². The number of fused-ring (bicyclic) bond motifs is 1. The third-order valence-electron chi connectivity index (χ3n) is 5.84. The Hall–Kier alpha value is -2.23. The van der Waals surface area contributed by atoms with Crippen molar-refractivity contribution < 1.29 is 21.6 Å². The van der Waals surface area contributed by atoms with Crippen LogP contribution in [0.1, 0.15) is 43.4 Å². The molecule has 9 heteroatoms. The van der Waals surface area contributed by atoms with E-state index in [0.29, 0.717) is 0 Å². The van der Waals surface area contributed by atoms with E-state index >= 15 is 0 Å². The highest BCUT2D eigenvalue weighted by atomic mass is 32.2. The smallest absolute Gasteiger partial charge is 0.243 e. The van der Waals surface area contributed by atoms with Gasteiger partial charge in [0.1, 0.15) is 0 Å². The molecule has 0 spiro atoms. The fraction of sp³-hybridized carbons (Fsp3) is 0.435. The first-order valence-electron chi connectivity index (χ1n) is 10.7. The van der Waals surface area contributed by atoms with Crippen molar-refractivity contribution in [3.63, 3.8) is 0 Å². The minimum Gasteiger partial charge on any atom is -0.352 e. The zero-order valence-corrected chi connectivity index (χ0v) is 20.3. The molecule has 0 atom stereocenters. The number of nitrogens with one attached hydrogen (secondary N) is 1. The van der Waals surface area contributed by atoms with Crippen LogP contribution in [-0.4, -0.2) is 45.9 Å². The van der Waals surface area contributed by atoms with Crippen LogP contribution in [0.3, 0.4) is 0 Å². The predicted octanol–water partition coefficient (Wildman–Crippen LogP) is 2.68. The first-order chi connectivity index (χ1) is 15.0. The second-order valence-electron chi connectivity index (χ2n) is 8.39. The maximum absolute atomic E-state index is 12.6. The van der Waals surface area contributed by atoms with Crippen molar-refractivity contribution in [1.82, 2.24) is 9.62 Å². The van der Waals surface area contributed by atoms with Crippen molar-refractivity contribution >= 4 is 25.8 Å². The van der Waals surface area contributed by atoms with E-state index in [9.17, 15) is 21.6 Å². The Morgan fingerprint density at radius 2 is 1.59 bits per heavy atom. The van der Waals surface area contributed by atoms with Crippen molar-refractivity contribution in [3.8, 4) is 0 Å². The molecule has 3 rings (SSSR count). The molecule has 1 N–H and O–H groups in total.